The Morgan fingerprint density at radius 2 is 2.19 bits per heavy atom. The maximum atomic E-state index is 11.9. The number of halogens is 1. The summed E-state index contributed by atoms with van der Waals surface area (Å²) in [6, 6.07) is 1.71. The third kappa shape index (κ3) is 3.59. The van der Waals surface area contributed by atoms with Crippen LogP contribution in [0.15, 0.2) is 12.1 Å². The van der Waals surface area contributed by atoms with Gasteiger partial charge in [-0.3, -0.25) is 0 Å². The summed E-state index contributed by atoms with van der Waals surface area (Å²) in [4.78, 5) is 23.0. The van der Waals surface area contributed by atoms with Crippen molar-refractivity contribution < 1.29 is 14.7 Å². The summed E-state index contributed by atoms with van der Waals surface area (Å²) in [6.45, 7) is 1.84. The summed E-state index contributed by atoms with van der Waals surface area (Å²) in [7, 11) is 0. The number of fused-ring (bicyclic) bond motifs is 1. The van der Waals surface area contributed by atoms with Gasteiger partial charge in [0, 0.05) is 0 Å². The molecule has 0 saturated heterocycles. The van der Waals surface area contributed by atoms with Gasteiger partial charge in [0.25, 0.3) is 0 Å². The van der Waals surface area contributed by atoms with E-state index in [1.165, 1.54) is 0 Å². The average Bonchev–Trinajstić information content (AvgIpc) is 2.90. The minimum Gasteiger partial charge on any atom is -0.480 e. The Labute approximate surface area is 129 Å². The molecule has 112 valence electrons. The lowest BCUT2D eigenvalue weighted by molar-refractivity contribution is -0.139. The highest BCUT2D eigenvalue weighted by Gasteiger charge is 2.20. The van der Waals surface area contributed by atoms with Gasteiger partial charge in [0.15, 0.2) is 0 Å². The number of anilines is 1. The highest BCUT2D eigenvalue weighted by Crippen LogP contribution is 2.29. The Kier molecular flexibility index (Phi) is 4.92. The third-order valence-corrected chi connectivity index (χ3v) is 3.65. The summed E-state index contributed by atoms with van der Waals surface area (Å²) in [5.74, 6) is -1.08. The van der Waals surface area contributed by atoms with Gasteiger partial charge in [-0.15, -0.1) is 0 Å². The van der Waals surface area contributed by atoms with Gasteiger partial charge in [-0.05, 0) is 18.6 Å². The molecule has 0 spiro atoms. The van der Waals surface area contributed by atoms with Crippen molar-refractivity contribution in [3.63, 3.8) is 0 Å². The molecule has 0 aliphatic rings. The normalized spacial score (nSPS) is 12.1. The zero-order chi connectivity index (χ0) is 15.4. The first-order valence-electron chi connectivity index (χ1n) is 6.24. The molecular formula is C12H13ClN4O3S. The molecule has 2 aromatic rings. The summed E-state index contributed by atoms with van der Waals surface area (Å²) in [6.07, 6.45) is 0.989. The predicted octanol–water partition coefficient (Wildman–Crippen LogP) is 2.72. The van der Waals surface area contributed by atoms with Crippen molar-refractivity contribution in [3.05, 3.63) is 17.2 Å². The number of rotatable bonds is 5. The van der Waals surface area contributed by atoms with E-state index in [-0.39, 0.29) is 0 Å². The smallest absolute Gasteiger partial charge is 0.326 e. The van der Waals surface area contributed by atoms with Crippen LogP contribution < -0.4 is 10.6 Å². The summed E-state index contributed by atoms with van der Waals surface area (Å²) in [5.41, 5.74) is 1.41. The second-order valence-corrected chi connectivity index (χ2v) is 5.27. The quantitative estimate of drug-likeness (QED) is 0.782. The standard InChI is InChI=1S/C12H13ClN4O3S/c1-2-3-8(11(18)19)14-12(20)15-9-6(13)4-5-7-10(9)17-21-16-7/h4-5,8H,2-3H2,1H3,(H,18,19)(H2,14,15,20)/t8-/m0/s1. The molecule has 0 bridgehead atoms. The van der Waals surface area contributed by atoms with E-state index < -0.39 is 18.0 Å². The van der Waals surface area contributed by atoms with Gasteiger partial charge in [-0.25, -0.2) is 9.59 Å². The first kappa shape index (κ1) is 15.5. The van der Waals surface area contributed by atoms with Crippen molar-refractivity contribution >= 4 is 52.1 Å². The van der Waals surface area contributed by atoms with Crippen LogP contribution in [0.2, 0.25) is 5.02 Å². The third-order valence-electron chi connectivity index (χ3n) is 2.80. The van der Waals surface area contributed by atoms with Crippen LogP contribution in [0, 0.1) is 0 Å². The van der Waals surface area contributed by atoms with Gasteiger partial charge < -0.3 is 15.7 Å². The molecule has 3 N–H and O–H groups in total. The molecule has 0 saturated carbocycles. The number of nitrogens with zero attached hydrogens (tertiary/aromatic N) is 2. The molecule has 0 unspecified atom stereocenters. The molecular weight excluding hydrogens is 316 g/mol. The van der Waals surface area contributed by atoms with Crippen LogP contribution in [-0.4, -0.2) is 31.9 Å². The van der Waals surface area contributed by atoms with Gasteiger partial charge in [-0.1, -0.05) is 24.9 Å². The van der Waals surface area contributed by atoms with Crippen molar-refractivity contribution in [3.8, 4) is 0 Å². The maximum Gasteiger partial charge on any atom is 0.326 e. The number of aliphatic carboxylic acids is 1. The highest BCUT2D eigenvalue weighted by atomic mass is 35.5. The number of carbonyl (C=O) groups is 2. The number of nitrogens with one attached hydrogen (secondary N) is 2. The molecule has 1 aromatic heterocycles. The van der Waals surface area contributed by atoms with Crippen LogP contribution in [0.4, 0.5) is 10.5 Å². The topological polar surface area (TPSA) is 104 Å². The molecule has 2 amide bonds. The zero-order valence-corrected chi connectivity index (χ0v) is 12.7. The summed E-state index contributed by atoms with van der Waals surface area (Å²) < 4.78 is 8.12. The molecule has 21 heavy (non-hydrogen) atoms. The van der Waals surface area contributed by atoms with Gasteiger partial charge >= 0.3 is 12.0 Å². The highest BCUT2D eigenvalue weighted by molar-refractivity contribution is 7.00. The second-order valence-electron chi connectivity index (χ2n) is 4.33. The number of carbonyl (C=O) groups excluding carboxylic acids is 1. The predicted molar refractivity (Wildman–Crippen MR) is 80.9 cm³/mol. The second kappa shape index (κ2) is 6.68. The van der Waals surface area contributed by atoms with E-state index in [4.69, 9.17) is 16.7 Å². The van der Waals surface area contributed by atoms with Crippen LogP contribution in [0.3, 0.4) is 0 Å². The van der Waals surface area contributed by atoms with Crippen LogP contribution >= 0.6 is 23.3 Å². The number of urea groups is 1. The number of carboxylic acids is 1. The molecule has 2 rings (SSSR count). The van der Waals surface area contributed by atoms with Crippen molar-refractivity contribution in [2.75, 3.05) is 5.32 Å². The Morgan fingerprint density at radius 1 is 1.43 bits per heavy atom. The molecule has 0 aliphatic heterocycles. The molecule has 9 heteroatoms. The van der Waals surface area contributed by atoms with Crippen molar-refractivity contribution in [2.24, 2.45) is 0 Å². The number of carboxylic acid groups (broad SMARTS) is 1. The lowest BCUT2D eigenvalue weighted by Gasteiger charge is -2.14. The molecule has 1 heterocycles. The van der Waals surface area contributed by atoms with E-state index in [1.807, 2.05) is 6.92 Å². The van der Waals surface area contributed by atoms with Crippen LogP contribution in [0.5, 0.6) is 0 Å². The van der Waals surface area contributed by atoms with Gasteiger partial charge in [-0.2, -0.15) is 8.75 Å². The van der Waals surface area contributed by atoms with Gasteiger partial charge in [0.05, 0.1) is 22.4 Å². The van der Waals surface area contributed by atoms with E-state index in [9.17, 15) is 9.59 Å². The number of aromatic nitrogens is 2. The maximum absolute atomic E-state index is 11.9. The van der Waals surface area contributed by atoms with Gasteiger partial charge in [0.1, 0.15) is 17.1 Å². The van der Waals surface area contributed by atoms with E-state index >= 15 is 0 Å². The SMILES string of the molecule is CCC[C@H](NC(=O)Nc1c(Cl)ccc2nsnc12)C(=O)O. The largest absolute Gasteiger partial charge is 0.480 e. The average molecular weight is 329 g/mol. The Morgan fingerprint density at radius 3 is 2.86 bits per heavy atom. The van der Waals surface area contributed by atoms with E-state index in [2.05, 4.69) is 19.4 Å². The fraction of sp³-hybridized carbons (Fsp3) is 0.333. The summed E-state index contributed by atoms with van der Waals surface area (Å²) in [5, 5.41) is 14.3. The molecule has 1 atom stereocenters. The molecule has 1 aromatic carbocycles. The van der Waals surface area contributed by atoms with Crippen LogP contribution in [0.1, 0.15) is 19.8 Å². The van der Waals surface area contributed by atoms with Crippen molar-refractivity contribution in [1.82, 2.24) is 14.1 Å². The fourth-order valence-corrected chi connectivity index (χ4v) is 2.54. The monoisotopic (exact) mass is 328 g/mol. The number of benzene rings is 1. The Bertz CT molecular complexity index is 676. The van der Waals surface area contributed by atoms with E-state index in [0.29, 0.717) is 34.6 Å². The van der Waals surface area contributed by atoms with Crippen molar-refractivity contribution in [2.45, 2.75) is 25.8 Å². The minimum absolute atomic E-state index is 0.313. The zero-order valence-electron chi connectivity index (χ0n) is 11.1. The van der Waals surface area contributed by atoms with E-state index in [1.54, 1.807) is 12.1 Å². The Hall–Kier alpha value is -1.93. The number of hydrogen-bond donors (Lipinski definition) is 3. The first-order chi connectivity index (χ1) is 10.0. The fourth-order valence-electron chi connectivity index (χ4n) is 1.80. The Balaban J connectivity index is 2.16. The molecule has 0 fully saturated rings. The lowest BCUT2D eigenvalue weighted by Crippen LogP contribution is -2.42. The minimum atomic E-state index is -1.08. The van der Waals surface area contributed by atoms with Crippen LogP contribution in [-0.2, 0) is 4.79 Å². The van der Waals surface area contributed by atoms with Crippen LogP contribution in [0.25, 0.3) is 11.0 Å². The first-order valence-corrected chi connectivity index (χ1v) is 7.34. The van der Waals surface area contributed by atoms with E-state index in [0.717, 1.165) is 11.7 Å². The molecule has 0 radical (unpaired) electrons. The number of hydrogen-bond acceptors (Lipinski definition) is 5. The van der Waals surface area contributed by atoms with Crippen molar-refractivity contribution in [1.29, 1.82) is 0 Å². The molecule has 7 nitrogen and oxygen atoms in total. The van der Waals surface area contributed by atoms with Gasteiger partial charge in [0.2, 0.25) is 0 Å². The number of amides is 2. The lowest BCUT2D eigenvalue weighted by atomic mass is 10.2. The molecule has 0 aliphatic carbocycles. The summed E-state index contributed by atoms with van der Waals surface area (Å²) >= 11 is 7.05.